The highest BCUT2D eigenvalue weighted by atomic mass is 16.2. The fourth-order valence-electron chi connectivity index (χ4n) is 3.80. The minimum absolute atomic E-state index is 0.0174. The molecule has 152 valence electrons. The normalized spacial score (nSPS) is 15.8. The van der Waals surface area contributed by atoms with Gasteiger partial charge in [-0.2, -0.15) is 0 Å². The van der Waals surface area contributed by atoms with Gasteiger partial charge >= 0.3 is 0 Å². The molecule has 3 aromatic rings. The zero-order chi connectivity index (χ0) is 20.9. The topological polar surface area (TPSA) is 97.1 Å². The Labute approximate surface area is 175 Å². The first-order chi connectivity index (χ1) is 14.6. The van der Waals surface area contributed by atoms with Crippen LogP contribution >= 0.6 is 0 Å². The predicted molar refractivity (Wildman–Crippen MR) is 116 cm³/mol. The fraction of sp³-hybridized carbons (Fsp3) is 0.208. The fourth-order valence-corrected chi connectivity index (χ4v) is 3.80. The van der Waals surface area contributed by atoms with Gasteiger partial charge in [-0.1, -0.05) is 36.4 Å². The van der Waals surface area contributed by atoms with Gasteiger partial charge in [-0.3, -0.25) is 14.6 Å². The van der Waals surface area contributed by atoms with E-state index in [-0.39, 0.29) is 23.8 Å². The molecule has 6 heteroatoms. The van der Waals surface area contributed by atoms with Crippen LogP contribution in [-0.4, -0.2) is 23.3 Å². The monoisotopic (exact) mass is 400 g/mol. The van der Waals surface area contributed by atoms with E-state index in [0.29, 0.717) is 17.8 Å². The van der Waals surface area contributed by atoms with Crippen LogP contribution in [0, 0.1) is 0 Å². The predicted octanol–water partition coefficient (Wildman–Crippen LogP) is 3.18. The van der Waals surface area contributed by atoms with Gasteiger partial charge in [-0.15, -0.1) is 0 Å². The number of aromatic nitrogens is 1. The maximum atomic E-state index is 12.6. The number of hydrogen-bond acceptors (Lipinski definition) is 4. The van der Waals surface area contributed by atoms with Gasteiger partial charge < -0.3 is 16.4 Å². The van der Waals surface area contributed by atoms with E-state index in [4.69, 9.17) is 5.73 Å². The van der Waals surface area contributed by atoms with Gasteiger partial charge in [0.05, 0.1) is 5.92 Å². The van der Waals surface area contributed by atoms with Crippen molar-refractivity contribution >= 4 is 17.5 Å². The van der Waals surface area contributed by atoms with E-state index in [1.807, 2.05) is 30.3 Å². The highest BCUT2D eigenvalue weighted by Gasteiger charge is 2.28. The summed E-state index contributed by atoms with van der Waals surface area (Å²) in [5, 5.41) is 5.80. The van der Waals surface area contributed by atoms with E-state index >= 15 is 0 Å². The molecule has 4 N–H and O–H groups in total. The summed E-state index contributed by atoms with van der Waals surface area (Å²) in [5.74, 6) is -0.286. The highest BCUT2D eigenvalue weighted by Crippen LogP contribution is 2.32. The third-order valence-electron chi connectivity index (χ3n) is 5.48. The molecule has 0 aliphatic heterocycles. The van der Waals surface area contributed by atoms with Crippen molar-refractivity contribution in [1.29, 1.82) is 0 Å². The van der Waals surface area contributed by atoms with Gasteiger partial charge in [-0.25, -0.2) is 0 Å². The van der Waals surface area contributed by atoms with Crippen LogP contribution in [0.4, 0.5) is 5.69 Å². The second kappa shape index (κ2) is 8.88. The Morgan fingerprint density at radius 3 is 2.53 bits per heavy atom. The Balaban J connectivity index is 1.32. The van der Waals surface area contributed by atoms with Crippen molar-refractivity contribution in [2.45, 2.75) is 24.8 Å². The number of amides is 2. The molecule has 1 aliphatic rings. The lowest BCUT2D eigenvalue weighted by molar-refractivity contribution is -0.122. The maximum Gasteiger partial charge on any atom is 0.255 e. The molecule has 0 fully saturated rings. The summed E-state index contributed by atoms with van der Waals surface area (Å²) >= 11 is 0. The third-order valence-corrected chi connectivity index (χ3v) is 5.48. The minimum Gasteiger partial charge on any atom is -0.354 e. The van der Waals surface area contributed by atoms with E-state index in [9.17, 15) is 9.59 Å². The number of pyridine rings is 1. The quantitative estimate of drug-likeness (QED) is 0.592. The van der Waals surface area contributed by atoms with Gasteiger partial charge in [0.15, 0.2) is 0 Å². The highest BCUT2D eigenvalue weighted by molar-refractivity contribution is 6.04. The van der Waals surface area contributed by atoms with Crippen LogP contribution in [0.5, 0.6) is 0 Å². The molecule has 2 amide bonds. The average molecular weight is 400 g/mol. The van der Waals surface area contributed by atoms with Crippen molar-refractivity contribution < 1.29 is 9.59 Å². The molecule has 2 aromatic carbocycles. The first-order valence-electron chi connectivity index (χ1n) is 10.0. The number of nitrogens with one attached hydrogen (secondary N) is 2. The molecule has 0 radical (unpaired) electrons. The molecule has 1 aromatic heterocycles. The first kappa shape index (κ1) is 19.8. The Bertz CT molecular complexity index is 1030. The Hall–Kier alpha value is -3.51. The number of anilines is 1. The van der Waals surface area contributed by atoms with Crippen molar-refractivity contribution in [2.75, 3.05) is 11.9 Å². The zero-order valence-corrected chi connectivity index (χ0v) is 16.5. The summed E-state index contributed by atoms with van der Waals surface area (Å²) in [6, 6.07) is 18.3. The lowest BCUT2D eigenvalue weighted by Crippen LogP contribution is -2.34. The molecule has 0 saturated carbocycles. The van der Waals surface area contributed by atoms with Crippen molar-refractivity contribution in [3.8, 4) is 0 Å². The number of benzene rings is 2. The molecule has 2 atom stereocenters. The van der Waals surface area contributed by atoms with Crippen LogP contribution in [-0.2, 0) is 11.2 Å². The molecule has 30 heavy (non-hydrogen) atoms. The SMILES string of the molecule is N[C@H](CNC(=O)[C@H]1CCc2ccccc21)c1ccc(C(=O)Nc2ccncc2)cc1. The Morgan fingerprint density at radius 1 is 1.03 bits per heavy atom. The average Bonchev–Trinajstić information content (AvgIpc) is 3.22. The van der Waals surface area contributed by atoms with Crippen molar-refractivity contribution in [2.24, 2.45) is 5.73 Å². The Morgan fingerprint density at radius 2 is 1.77 bits per heavy atom. The van der Waals surface area contributed by atoms with Crippen LogP contribution in [0.3, 0.4) is 0 Å². The van der Waals surface area contributed by atoms with E-state index in [0.717, 1.165) is 24.0 Å². The van der Waals surface area contributed by atoms with Gasteiger partial charge in [0.1, 0.15) is 0 Å². The van der Waals surface area contributed by atoms with Gasteiger partial charge in [0.2, 0.25) is 5.91 Å². The summed E-state index contributed by atoms with van der Waals surface area (Å²) in [4.78, 5) is 28.9. The van der Waals surface area contributed by atoms with Gasteiger partial charge in [-0.05, 0) is 53.8 Å². The standard InChI is InChI=1S/C24H24N4O2/c25-22(15-27-24(30)21-10-9-16-3-1-2-4-20(16)21)17-5-7-18(8-6-17)23(29)28-19-11-13-26-14-12-19/h1-8,11-14,21-22H,9-10,15,25H2,(H,27,30)(H,26,28,29)/t21-,22+/m0/s1. The molecule has 0 spiro atoms. The van der Waals surface area contributed by atoms with Gasteiger partial charge in [0, 0.05) is 36.2 Å². The van der Waals surface area contributed by atoms with Crippen molar-refractivity contribution in [3.05, 3.63) is 95.3 Å². The molecular formula is C24H24N4O2. The number of hydrogen-bond donors (Lipinski definition) is 3. The lowest BCUT2D eigenvalue weighted by atomic mass is 10.00. The van der Waals surface area contributed by atoms with E-state index < -0.39 is 0 Å². The van der Waals surface area contributed by atoms with E-state index in [2.05, 4.69) is 21.7 Å². The molecule has 6 nitrogen and oxygen atoms in total. The number of nitrogens with zero attached hydrogens (tertiary/aromatic N) is 1. The third kappa shape index (κ3) is 4.39. The number of carbonyl (C=O) groups is 2. The molecule has 0 saturated heterocycles. The first-order valence-corrected chi connectivity index (χ1v) is 10.0. The zero-order valence-electron chi connectivity index (χ0n) is 16.5. The minimum atomic E-state index is -0.345. The van der Waals surface area contributed by atoms with Crippen LogP contribution in [0.1, 0.15) is 45.4 Å². The lowest BCUT2D eigenvalue weighted by Gasteiger charge is -2.17. The second-order valence-corrected chi connectivity index (χ2v) is 7.45. The molecule has 4 rings (SSSR count). The van der Waals surface area contributed by atoms with Crippen LogP contribution in [0.2, 0.25) is 0 Å². The molecule has 1 aliphatic carbocycles. The number of fused-ring (bicyclic) bond motifs is 1. The van der Waals surface area contributed by atoms with Crippen molar-refractivity contribution in [3.63, 3.8) is 0 Å². The summed E-state index contributed by atoms with van der Waals surface area (Å²) in [6.07, 6.45) is 5.01. The maximum absolute atomic E-state index is 12.6. The second-order valence-electron chi connectivity index (χ2n) is 7.45. The number of nitrogens with two attached hydrogens (primary N) is 1. The summed E-state index contributed by atoms with van der Waals surface area (Å²) < 4.78 is 0. The molecule has 0 unspecified atom stereocenters. The molecule has 1 heterocycles. The van der Waals surface area contributed by atoms with Crippen molar-refractivity contribution in [1.82, 2.24) is 10.3 Å². The van der Waals surface area contributed by atoms with Gasteiger partial charge in [0.25, 0.3) is 5.91 Å². The van der Waals surface area contributed by atoms with Crippen LogP contribution in [0.15, 0.2) is 73.1 Å². The van der Waals surface area contributed by atoms with E-state index in [1.54, 1.807) is 36.7 Å². The largest absolute Gasteiger partial charge is 0.354 e. The van der Waals surface area contributed by atoms with Crippen LogP contribution in [0.25, 0.3) is 0 Å². The van der Waals surface area contributed by atoms with E-state index in [1.165, 1.54) is 5.56 Å². The number of rotatable bonds is 6. The number of aryl methyl sites for hydroxylation is 1. The summed E-state index contributed by atoms with van der Waals surface area (Å²) in [7, 11) is 0. The number of carbonyl (C=O) groups excluding carboxylic acids is 2. The summed E-state index contributed by atoms with van der Waals surface area (Å²) in [6.45, 7) is 0.347. The molecular weight excluding hydrogens is 376 g/mol. The summed E-state index contributed by atoms with van der Waals surface area (Å²) in [5.41, 5.74) is 10.7. The molecule has 0 bridgehead atoms. The smallest absolute Gasteiger partial charge is 0.255 e. The Kier molecular flexibility index (Phi) is 5.86. The van der Waals surface area contributed by atoms with Crippen LogP contribution < -0.4 is 16.4 Å².